The van der Waals surface area contributed by atoms with E-state index in [-0.39, 0.29) is 17.4 Å². The molecule has 140 valence electrons. The van der Waals surface area contributed by atoms with Crippen molar-refractivity contribution in [1.29, 1.82) is 0 Å². The maximum atomic E-state index is 10.6. The van der Waals surface area contributed by atoms with Crippen LogP contribution in [0.5, 0.6) is 11.5 Å². The number of rotatable bonds is 4. The highest BCUT2D eigenvalue weighted by Gasteiger charge is 2.54. The highest BCUT2D eigenvalue weighted by atomic mass is 16.5. The Morgan fingerprint density at radius 3 is 2.40 bits per heavy atom. The maximum Gasteiger partial charge on any atom is 0.165 e. The Labute approximate surface area is 152 Å². The Balaban J connectivity index is 2.30. The van der Waals surface area contributed by atoms with E-state index in [1.165, 1.54) is 23.1 Å². The van der Waals surface area contributed by atoms with Gasteiger partial charge in [-0.05, 0) is 48.5 Å². The fourth-order valence-electron chi connectivity index (χ4n) is 5.78. The van der Waals surface area contributed by atoms with Crippen LogP contribution in [0, 0.1) is 11.3 Å². The zero-order chi connectivity index (χ0) is 18.4. The Morgan fingerprint density at radius 1 is 1.16 bits per heavy atom. The zero-order valence-electron chi connectivity index (χ0n) is 16.7. The van der Waals surface area contributed by atoms with E-state index in [9.17, 15) is 5.11 Å². The van der Waals surface area contributed by atoms with Crippen molar-refractivity contribution in [3.63, 3.8) is 0 Å². The second-order valence-electron chi connectivity index (χ2n) is 8.97. The Bertz CT molecular complexity index is 647. The van der Waals surface area contributed by atoms with Crippen LogP contribution in [0.1, 0.15) is 76.0 Å². The van der Waals surface area contributed by atoms with E-state index in [2.05, 4.69) is 33.8 Å². The van der Waals surface area contributed by atoms with Gasteiger partial charge >= 0.3 is 0 Å². The van der Waals surface area contributed by atoms with E-state index in [1.54, 1.807) is 14.2 Å². The predicted octanol–water partition coefficient (Wildman–Crippen LogP) is 4.83. The van der Waals surface area contributed by atoms with Crippen molar-refractivity contribution < 1.29 is 14.6 Å². The molecule has 3 nitrogen and oxygen atoms in total. The first-order valence-electron chi connectivity index (χ1n) is 9.71. The molecule has 0 saturated heterocycles. The summed E-state index contributed by atoms with van der Waals surface area (Å²) in [5, 5.41) is 10.6. The number of fused-ring (bicyclic) bond motifs is 3. The van der Waals surface area contributed by atoms with Gasteiger partial charge in [-0.3, -0.25) is 0 Å². The molecule has 1 aromatic rings. The van der Waals surface area contributed by atoms with Crippen LogP contribution in [-0.2, 0) is 11.8 Å². The average Bonchev–Trinajstić information content (AvgIpc) is 2.58. The van der Waals surface area contributed by atoms with Crippen LogP contribution in [0.25, 0.3) is 0 Å². The third kappa shape index (κ3) is 2.66. The molecule has 2 atom stereocenters. The second kappa shape index (κ2) is 6.50. The summed E-state index contributed by atoms with van der Waals surface area (Å²) in [4.78, 5) is 0. The summed E-state index contributed by atoms with van der Waals surface area (Å²) in [7, 11) is 3.47. The standard InChI is InChI=1S/C22H34O3/c1-14(2)16-12-15-8-9-17-21(3,4)10-7-11-22(17,13-23)18(15)20(25-6)19(16)24-5/h12,14,17,23H,7-11,13H2,1-6H3/t17?,22-/m1/s1. The highest BCUT2D eigenvalue weighted by molar-refractivity contribution is 5.61. The van der Waals surface area contributed by atoms with E-state index >= 15 is 0 Å². The summed E-state index contributed by atoms with van der Waals surface area (Å²) < 4.78 is 11.7. The van der Waals surface area contributed by atoms with Crippen LogP contribution in [0.15, 0.2) is 6.07 Å². The minimum atomic E-state index is -0.205. The summed E-state index contributed by atoms with van der Waals surface area (Å²) in [6, 6.07) is 2.32. The van der Waals surface area contributed by atoms with Crippen molar-refractivity contribution in [3.8, 4) is 11.5 Å². The van der Waals surface area contributed by atoms with Crippen LogP contribution >= 0.6 is 0 Å². The van der Waals surface area contributed by atoms with Gasteiger partial charge in [-0.15, -0.1) is 0 Å². The van der Waals surface area contributed by atoms with E-state index in [4.69, 9.17) is 9.47 Å². The highest BCUT2D eigenvalue weighted by Crippen LogP contribution is 2.60. The van der Waals surface area contributed by atoms with Crippen LogP contribution < -0.4 is 9.47 Å². The molecular formula is C22H34O3. The molecule has 1 fully saturated rings. The molecule has 0 aliphatic heterocycles. The molecule has 0 amide bonds. The molecule has 1 aromatic carbocycles. The first-order valence-corrected chi connectivity index (χ1v) is 9.71. The molecule has 25 heavy (non-hydrogen) atoms. The molecule has 3 heteroatoms. The van der Waals surface area contributed by atoms with E-state index < -0.39 is 0 Å². The molecule has 0 radical (unpaired) electrons. The van der Waals surface area contributed by atoms with Crippen LogP contribution in [0.4, 0.5) is 0 Å². The molecule has 1 saturated carbocycles. The molecule has 0 spiro atoms. The number of ether oxygens (including phenoxy) is 2. The Morgan fingerprint density at radius 2 is 1.84 bits per heavy atom. The number of methoxy groups -OCH3 is 2. The number of benzene rings is 1. The fraction of sp³-hybridized carbons (Fsp3) is 0.727. The largest absolute Gasteiger partial charge is 0.493 e. The van der Waals surface area contributed by atoms with Gasteiger partial charge in [0.1, 0.15) is 0 Å². The van der Waals surface area contributed by atoms with Crippen LogP contribution in [-0.4, -0.2) is 25.9 Å². The summed E-state index contributed by atoms with van der Waals surface area (Å²) >= 11 is 0. The summed E-state index contributed by atoms with van der Waals surface area (Å²) in [5.74, 6) is 2.57. The molecule has 2 aliphatic rings. The number of aliphatic hydroxyl groups is 1. The van der Waals surface area contributed by atoms with E-state index in [1.807, 2.05) is 0 Å². The smallest absolute Gasteiger partial charge is 0.165 e. The van der Waals surface area contributed by atoms with Gasteiger partial charge in [-0.1, -0.05) is 40.2 Å². The van der Waals surface area contributed by atoms with Gasteiger partial charge in [0.25, 0.3) is 0 Å². The quantitative estimate of drug-likeness (QED) is 0.848. The molecule has 1 unspecified atom stereocenters. The zero-order valence-corrected chi connectivity index (χ0v) is 16.7. The number of hydrogen-bond donors (Lipinski definition) is 1. The molecule has 3 rings (SSSR count). The van der Waals surface area contributed by atoms with Crippen LogP contribution in [0.3, 0.4) is 0 Å². The lowest BCUT2D eigenvalue weighted by atomic mass is 9.49. The predicted molar refractivity (Wildman–Crippen MR) is 102 cm³/mol. The molecular weight excluding hydrogens is 312 g/mol. The molecule has 0 heterocycles. The van der Waals surface area contributed by atoms with E-state index in [0.29, 0.717) is 11.8 Å². The minimum absolute atomic E-state index is 0.189. The minimum Gasteiger partial charge on any atom is -0.493 e. The summed E-state index contributed by atoms with van der Waals surface area (Å²) in [6.45, 7) is 9.33. The third-order valence-electron chi connectivity index (χ3n) is 6.91. The molecule has 0 aromatic heterocycles. The number of aliphatic hydroxyl groups excluding tert-OH is 1. The molecule has 0 bridgehead atoms. The first-order chi connectivity index (χ1) is 11.8. The Hall–Kier alpha value is -1.22. The lowest BCUT2D eigenvalue weighted by molar-refractivity contribution is -0.00664. The average molecular weight is 347 g/mol. The van der Waals surface area contributed by atoms with Crippen molar-refractivity contribution in [2.75, 3.05) is 20.8 Å². The van der Waals surface area contributed by atoms with Gasteiger partial charge in [-0.25, -0.2) is 0 Å². The molecule has 2 aliphatic carbocycles. The Kier molecular flexibility index (Phi) is 4.83. The second-order valence-corrected chi connectivity index (χ2v) is 8.97. The lowest BCUT2D eigenvalue weighted by Crippen LogP contribution is -2.52. The van der Waals surface area contributed by atoms with Crippen LogP contribution in [0.2, 0.25) is 0 Å². The van der Waals surface area contributed by atoms with Crippen molar-refractivity contribution in [2.24, 2.45) is 11.3 Å². The number of hydrogen-bond acceptors (Lipinski definition) is 3. The topological polar surface area (TPSA) is 38.7 Å². The maximum absolute atomic E-state index is 10.6. The van der Waals surface area contributed by atoms with Gasteiger partial charge < -0.3 is 14.6 Å². The first kappa shape index (κ1) is 18.6. The van der Waals surface area contributed by atoms with Gasteiger partial charge in [-0.2, -0.15) is 0 Å². The van der Waals surface area contributed by atoms with Crippen molar-refractivity contribution in [3.05, 3.63) is 22.8 Å². The number of aryl methyl sites for hydroxylation is 1. The van der Waals surface area contributed by atoms with Crippen molar-refractivity contribution in [1.82, 2.24) is 0 Å². The van der Waals surface area contributed by atoms with Gasteiger partial charge in [0.2, 0.25) is 0 Å². The van der Waals surface area contributed by atoms with Crippen molar-refractivity contribution >= 4 is 0 Å². The van der Waals surface area contributed by atoms with Gasteiger partial charge in [0.05, 0.1) is 20.8 Å². The van der Waals surface area contributed by atoms with Gasteiger partial charge in [0, 0.05) is 16.5 Å². The van der Waals surface area contributed by atoms with Crippen molar-refractivity contribution in [2.45, 2.75) is 71.1 Å². The fourth-order valence-corrected chi connectivity index (χ4v) is 5.78. The SMILES string of the molecule is COc1c(C(C)C)cc2c(c1OC)[C@@]1(CO)CCCC(C)(C)C1CC2. The normalized spacial score (nSPS) is 27.6. The summed E-state index contributed by atoms with van der Waals surface area (Å²) in [6.07, 6.45) is 5.63. The third-order valence-corrected chi connectivity index (χ3v) is 6.91. The van der Waals surface area contributed by atoms with Gasteiger partial charge in [0.15, 0.2) is 11.5 Å². The summed E-state index contributed by atoms with van der Waals surface area (Å²) in [5.41, 5.74) is 3.82. The monoisotopic (exact) mass is 346 g/mol. The van der Waals surface area contributed by atoms with E-state index in [0.717, 1.165) is 37.2 Å². The molecule has 1 N–H and O–H groups in total. The lowest BCUT2D eigenvalue weighted by Gasteiger charge is -2.55.